The highest BCUT2D eigenvalue weighted by Gasteiger charge is 2.12. The lowest BCUT2D eigenvalue weighted by Gasteiger charge is -2.15. The molecule has 0 spiro atoms. The quantitative estimate of drug-likeness (QED) is 0.313. The van der Waals surface area contributed by atoms with Crippen LogP contribution in [0.5, 0.6) is 11.5 Å². The molecule has 0 radical (unpaired) electrons. The SMILES string of the molecule is Cc1cc(C)cc(OCCCCCCc2cccc(OCCCC(=O)O)c2CCC(=O)O)c1. The van der Waals surface area contributed by atoms with Crippen LogP contribution in [0.3, 0.4) is 0 Å². The summed E-state index contributed by atoms with van der Waals surface area (Å²) in [5.74, 6) is -0.0972. The van der Waals surface area contributed by atoms with Gasteiger partial charge in [-0.25, -0.2) is 0 Å². The molecule has 0 aliphatic heterocycles. The molecule has 0 heterocycles. The summed E-state index contributed by atoms with van der Waals surface area (Å²) >= 11 is 0. The van der Waals surface area contributed by atoms with Crippen LogP contribution in [0, 0.1) is 13.8 Å². The van der Waals surface area contributed by atoms with Gasteiger partial charge in [-0.2, -0.15) is 0 Å². The van der Waals surface area contributed by atoms with Gasteiger partial charge >= 0.3 is 11.9 Å². The van der Waals surface area contributed by atoms with Crippen LogP contribution in [0.4, 0.5) is 0 Å². The third kappa shape index (κ3) is 10.4. The normalized spacial score (nSPS) is 10.7. The van der Waals surface area contributed by atoms with Crippen LogP contribution in [0.1, 0.15) is 67.2 Å². The number of rotatable bonds is 16. The lowest BCUT2D eigenvalue weighted by Crippen LogP contribution is -2.07. The van der Waals surface area contributed by atoms with Gasteiger partial charge < -0.3 is 19.7 Å². The molecule has 0 aromatic heterocycles. The zero-order chi connectivity index (χ0) is 24.1. The van der Waals surface area contributed by atoms with Gasteiger partial charge in [-0.3, -0.25) is 9.59 Å². The van der Waals surface area contributed by atoms with Crippen molar-refractivity contribution in [2.75, 3.05) is 13.2 Å². The minimum Gasteiger partial charge on any atom is -0.494 e. The Morgan fingerprint density at radius 2 is 1.42 bits per heavy atom. The fraction of sp³-hybridized carbons (Fsp3) is 0.481. The van der Waals surface area contributed by atoms with E-state index in [1.54, 1.807) is 0 Å². The minimum absolute atomic E-state index is 0.0400. The van der Waals surface area contributed by atoms with Crippen molar-refractivity contribution in [2.24, 2.45) is 0 Å². The van der Waals surface area contributed by atoms with E-state index in [0.29, 0.717) is 31.8 Å². The highest BCUT2D eigenvalue weighted by Crippen LogP contribution is 2.26. The van der Waals surface area contributed by atoms with Gasteiger partial charge in [-0.15, -0.1) is 0 Å². The maximum atomic E-state index is 11.1. The van der Waals surface area contributed by atoms with Crippen molar-refractivity contribution in [1.29, 1.82) is 0 Å². The first-order chi connectivity index (χ1) is 15.8. The molecule has 2 aromatic rings. The Hall–Kier alpha value is -3.02. The summed E-state index contributed by atoms with van der Waals surface area (Å²) in [5, 5.41) is 17.9. The average molecular weight is 457 g/mol. The van der Waals surface area contributed by atoms with Crippen molar-refractivity contribution in [3.63, 3.8) is 0 Å². The molecule has 0 aliphatic rings. The molecule has 6 heteroatoms. The lowest BCUT2D eigenvalue weighted by atomic mass is 9.97. The van der Waals surface area contributed by atoms with Gasteiger partial charge in [-0.1, -0.05) is 31.0 Å². The fourth-order valence-electron chi connectivity index (χ4n) is 3.88. The van der Waals surface area contributed by atoms with Crippen molar-refractivity contribution >= 4 is 11.9 Å². The van der Waals surface area contributed by atoms with Crippen LogP contribution in [0.15, 0.2) is 36.4 Å². The van der Waals surface area contributed by atoms with Gasteiger partial charge in [0, 0.05) is 12.8 Å². The second-order valence-corrected chi connectivity index (χ2v) is 8.47. The van der Waals surface area contributed by atoms with E-state index in [2.05, 4.69) is 32.0 Å². The molecule has 0 saturated heterocycles. The number of ether oxygens (including phenoxy) is 2. The van der Waals surface area contributed by atoms with E-state index in [1.165, 1.54) is 11.1 Å². The summed E-state index contributed by atoms with van der Waals surface area (Å²) in [4.78, 5) is 21.8. The van der Waals surface area contributed by atoms with Gasteiger partial charge in [0.25, 0.3) is 0 Å². The molecule has 0 aliphatic carbocycles. The zero-order valence-corrected chi connectivity index (χ0v) is 19.8. The predicted octanol–water partition coefficient (Wildman–Crippen LogP) is 5.75. The number of hydrogen-bond donors (Lipinski definition) is 2. The Morgan fingerprint density at radius 1 is 0.758 bits per heavy atom. The Bertz CT molecular complexity index is 885. The Labute approximate surface area is 196 Å². The van der Waals surface area contributed by atoms with E-state index in [0.717, 1.165) is 49.0 Å². The third-order valence-corrected chi connectivity index (χ3v) is 5.42. The molecule has 0 bridgehead atoms. The smallest absolute Gasteiger partial charge is 0.303 e. The van der Waals surface area contributed by atoms with Crippen molar-refractivity contribution < 1.29 is 29.3 Å². The lowest BCUT2D eigenvalue weighted by molar-refractivity contribution is -0.138. The molecule has 0 fully saturated rings. The van der Waals surface area contributed by atoms with Gasteiger partial charge in [-0.05, 0) is 86.4 Å². The number of carbonyl (C=O) groups is 2. The number of carboxylic acid groups (broad SMARTS) is 2. The van der Waals surface area contributed by atoms with Crippen molar-refractivity contribution in [1.82, 2.24) is 0 Å². The summed E-state index contributed by atoms with van der Waals surface area (Å²) in [5.41, 5.74) is 4.44. The summed E-state index contributed by atoms with van der Waals surface area (Å²) < 4.78 is 11.7. The highest BCUT2D eigenvalue weighted by atomic mass is 16.5. The Kier molecular flexibility index (Phi) is 11.3. The molecule has 0 amide bonds. The summed E-state index contributed by atoms with van der Waals surface area (Å²) in [7, 11) is 0. The van der Waals surface area contributed by atoms with Crippen LogP contribution < -0.4 is 9.47 Å². The van der Waals surface area contributed by atoms with Gasteiger partial charge in [0.2, 0.25) is 0 Å². The maximum Gasteiger partial charge on any atom is 0.303 e. The first-order valence-corrected chi connectivity index (χ1v) is 11.7. The van der Waals surface area contributed by atoms with Crippen LogP contribution in [0.2, 0.25) is 0 Å². The second kappa shape index (κ2) is 14.2. The van der Waals surface area contributed by atoms with Crippen LogP contribution in [-0.2, 0) is 22.4 Å². The number of benzene rings is 2. The Balaban J connectivity index is 1.80. The summed E-state index contributed by atoms with van der Waals surface area (Å²) in [6, 6.07) is 12.0. The first kappa shape index (κ1) is 26.2. The molecule has 2 aromatic carbocycles. The van der Waals surface area contributed by atoms with Crippen LogP contribution >= 0.6 is 0 Å². The minimum atomic E-state index is -0.849. The fourth-order valence-corrected chi connectivity index (χ4v) is 3.88. The van der Waals surface area contributed by atoms with Crippen molar-refractivity contribution in [3.8, 4) is 11.5 Å². The third-order valence-electron chi connectivity index (χ3n) is 5.42. The molecule has 180 valence electrons. The molecule has 6 nitrogen and oxygen atoms in total. The molecule has 0 unspecified atom stereocenters. The van der Waals surface area contributed by atoms with Gasteiger partial charge in [0.15, 0.2) is 0 Å². The number of hydrogen-bond acceptors (Lipinski definition) is 4. The topological polar surface area (TPSA) is 93.1 Å². The average Bonchev–Trinajstić information content (AvgIpc) is 2.74. The largest absolute Gasteiger partial charge is 0.494 e. The van der Waals surface area contributed by atoms with E-state index in [4.69, 9.17) is 19.7 Å². The van der Waals surface area contributed by atoms with Crippen LogP contribution in [0.25, 0.3) is 0 Å². The molecule has 2 N–H and O–H groups in total. The number of aryl methyl sites for hydroxylation is 3. The second-order valence-electron chi connectivity index (χ2n) is 8.47. The van der Waals surface area contributed by atoms with Crippen LogP contribution in [-0.4, -0.2) is 35.4 Å². The van der Waals surface area contributed by atoms with E-state index in [-0.39, 0.29) is 12.8 Å². The monoisotopic (exact) mass is 456 g/mol. The standard InChI is InChI=1S/C27H36O6/c1-20-17-21(2)19-23(18-20)32-15-6-4-3-5-9-22-10-7-11-25(24(22)13-14-27(30)31)33-16-8-12-26(28)29/h7,10-11,17-19H,3-6,8-9,12-16H2,1-2H3,(H,28,29)(H,30,31). The molecule has 33 heavy (non-hydrogen) atoms. The number of unbranched alkanes of at least 4 members (excludes halogenated alkanes) is 3. The van der Waals surface area contributed by atoms with Gasteiger partial charge in [0.1, 0.15) is 11.5 Å². The zero-order valence-electron chi connectivity index (χ0n) is 19.8. The molecule has 0 saturated carbocycles. The van der Waals surface area contributed by atoms with Crippen molar-refractivity contribution in [2.45, 2.75) is 71.6 Å². The highest BCUT2D eigenvalue weighted by molar-refractivity contribution is 5.67. The Morgan fingerprint density at radius 3 is 2.12 bits per heavy atom. The summed E-state index contributed by atoms with van der Waals surface area (Å²) in [6.07, 6.45) is 5.91. The van der Waals surface area contributed by atoms with Crippen molar-refractivity contribution in [3.05, 3.63) is 58.7 Å². The van der Waals surface area contributed by atoms with E-state index < -0.39 is 11.9 Å². The van der Waals surface area contributed by atoms with E-state index >= 15 is 0 Å². The molecule has 2 rings (SSSR count). The van der Waals surface area contributed by atoms with E-state index in [9.17, 15) is 9.59 Å². The number of carboxylic acids is 2. The molecule has 0 atom stereocenters. The number of aliphatic carboxylic acids is 2. The summed E-state index contributed by atoms with van der Waals surface area (Å²) in [6.45, 7) is 5.14. The first-order valence-electron chi connectivity index (χ1n) is 11.7. The molecular formula is C27H36O6. The van der Waals surface area contributed by atoms with Gasteiger partial charge in [0.05, 0.1) is 13.2 Å². The predicted molar refractivity (Wildman–Crippen MR) is 128 cm³/mol. The maximum absolute atomic E-state index is 11.1. The molecular weight excluding hydrogens is 420 g/mol. The van der Waals surface area contributed by atoms with E-state index in [1.807, 2.05) is 18.2 Å².